The molecule has 0 saturated carbocycles. The summed E-state index contributed by atoms with van der Waals surface area (Å²) in [6.07, 6.45) is 4.16. The van der Waals surface area contributed by atoms with Gasteiger partial charge in [-0.05, 0) is 36.1 Å². The largest absolute Gasteiger partial charge is 0.384 e. The Labute approximate surface area is 249 Å². The van der Waals surface area contributed by atoms with Gasteiger partial charge in [0.2, 0.25) is 11.8 Å². The molecule has 0 spiro atoms. The first-order valence-electron chi connectivity index (χ1n) is 14.4. The number of benzene rings is 2. The maximum atomic E-state index is 16.2. The molecule has 2 saturated heterocycles. The Kier molecular flexibility index (Phi) is 7.11. The van der Waals surface area contributed by atoms with Crippen LogP contribution in [0.1, 0.15) is 61.3 Å². The topological polar surface area (TPSA) is 124 Å². The van der Waals surface area contributed by atoms with Gasteiger partial charge >= 0.3 is 0 Å². The fourth-order valence-electron chi connectivity index (χ4n) is 6.57. The third-order valence-corrected chi connectivity index (χ3v) is 9.02. The van der Waals surface area contributed by atoms with Gasteiger partial charge in [0.1, 0.15) is 17.6 Å². The van der Waals surface area contributed by atoms with Gasteiger partial charge in [0.05, 0.1) is 22.6 Å². The Morgan fingerprint density at radius 3 is 2.65 bits per heavy atom. The van der Waals surface area contributed by atoms with Crippen LogP contribution in [0.25, 0.3) is 22.2 Å². The van der Waals surface area contributed by atoms with E-state index in [0.717, 1.165) is 11.1 Å². The number of imide groups is 1. The maximum Gasteiger partial charge on any atom is 0.234 e. The molecule has 10 heteroatoms. The highest BCUT2D eigenvalue weighted by atomic mass is 19.1. The Morgan fingerprint density at radius 1 is 1.19 bits per heavy atom. The summed E-state index contributed by atoms with van der Waals surface area (Å²) >= 11 is 0. The molecule has 2 aliphatic heterocycles. The van der Waals surface area contributed by atoms with Crippen LogP contribution in [-0.2, 0) is 28.8 Å². The normalized spacial score (nSPS) is 22.4. The van der Waals surface area contributed by atoms with E-state index in [1.54, 1.807) is 42.3 Å². The number of carbonyl (C=O) groups is 2. The summed E-state index contributed by atoms with van der Waals surface area (Å²) in [6, 6.07) is 15.1. The lowest BCUT2D eigenvalue weighted by Crippen LogP contribution is -2.55. The molecule has 2 fully saturated rings. The minimum atomic E-state index is -1.43. The summed E-state index contributed by atoms with van der Waals surface area (Å²) in [6.45, 7) is 5.66. The minimum absolute atomic E-state index is 0.220. The Bertz CT molecular complexity index is 1790. The Hall–Kier alpha value is -4.46. The second-order valence-electron chi connectivity index (χ2n) is 12.3. The quantitative estimate of drug-likeness (QED) is 0.338. The Morgan fingerprint density at radius 2 is 1.95 bits per heavy atom. The van der Waals surface area contributed by atoms with Crippen LogP contribution in [-0.4, -0.2) is 49.7 Å². The number of fused-ring (bicyclic) bond motifs is 1. The average molecular weight is 581 g/mol. The van der Waals surface area contributed by atoms with Crippen LogP contribution in [0, 0.1) is 22.6 Å². The van der Waals surface area contributed by atoms with Crippen molar-refractivity contribution in [3.8, 4) is 17.3 Å². The number of nitriles is 1. The van der Waals surface area contributed by atoms with Crippen molar-refractivity contribution >= 4 is 22.7 Å². The predicted molar refractivity (Wildman–Crippen MR) is 158 cm³/mol. The molecule has 2 amide bonds. The zero-order valence-corrected chi connectivity index (χ0v) is 24.4. The summed E-state index contributed by atoms with van der Waals surface area (Å²) in [7, 11) is 1.79. The van der Waals surface area contributed by atoms with E-state index in [1.807, 2.05) is 38.1 Å². The number of nitrogens with one attached hydrogen (secondary N) is 1. The summed E-state index contributed by atoms with van der Waals surface area (Å²) in [5.74, 6) is -1.83. The number of hydrogen-bond donors (Lipinski definition) is 2. The van der Waals surface area contributed by atoms with Crippen molar-refractivity contribution in [2.45, 2.75) is 51.2 Å². The fourth-order valence-corrected chi connectivity index (χ4v) is 6.57. The lowest BCUT2D eigenvalue weighted by Gasteiger charge is -2.50. The van der Waals surface area contributed by atoms with Crippen LogP contribution in [0.2, 0.25) is 0 Å². The molecule has 9 nitrogen and oxygen atoms in total. The zero-order valence-electron chi connectivity index (χ0n) is 24.4. The van der Waals surface area contributed by atoms with Crippen molar-refractivity contribution in [2.75, 3.05) is 13.1 Å². The highest BCUT2D eigenvalue weighted by molar-refractivity contribution is 6.01. The lowest BCUT2D eigenvalue weighted by atomic mass is 9.66. The number of aryl methyl sites for hydroxylation is 1. The van der Waals surface area contributed by atoms with E-state index in [1.165, 1.54) is 0 Å². The highest BCUT2D eigenvalue weighted by Gasteiger charge is 2.50. The van der Waals surface area contributed by atoms with Crippen LogP contribution in [0.5, 0.6) is 0 Å². The van der Waals surface area contributed by atoms with Crippen LogP contribution < -0.4 is 5.32 Å². The van der Waals surface area contributed by atoms with E-state index >= 15 is 4.39 Å². The van der Waals surface area contributed by atoms with E-state index in [4.69, 9.17) is 0 Å². The monoisotopic (exact) mass is 580 g/mol. The molecule has 2 aliphatic rings. The average Bonchev–Trinajstić information content (AvgIpc) is 3.36. The second-order valence-corrected chi connectivity index (χ2v) is 12.3. The van der Waals surface area contributed by atoms with Crippen molar-refractivity contribution in [2.24, 2.45) is 12.5 Å². The van der Waals surface area contributed by atoms with Crippen molar-refractivity contribution < 1.29 is 19.1 Å². The van der Waals surface area contributed by atoms with E-state index in [2.05, 4.69) is 26.4 Å². The molecule has 4 heterocycles. The third-order valence-electron chi connectivity index (χ3n) is 9.02. The van der Waals surface area contributed by atoms with Gasteiger partial charge in [-0.15, -0.1) is 0 Å². The lowest BCUT2D eigenvalue weighted by molar-refractivity contribution is -0.134. The van der Waals surface area contributed by atoms with Gasteiger partial charge in [-0.2, -0.15) is 10.4 Å². The van der Waals surface area contributed by atoms with Crippen LogP contribution in [0.15, 0.2) is 54.9 Å². The number of piperidine rings is 2. The molecular weight excluding hydrogens is 547 g/mol. The molecule has 6 rings (SSSR count). The molecule has 4 aromatic rings. The fraction of sp³-hybridized carbons (Fsp3) is 0.364. The number of hydrogen-bond acceptors (Lipinski definition) is 7. The second kappa shape index (κ2) is 10.7. The first-order chi connectivity index (χ1) is 20.5. The number of halogens is 1. The van der Waals surface area contributed by atoms with E-state index in [0.29, 0.717) is 54.8 Å². The van der Waals surface area contributed by atoms with Gasteiger partial charge < -0.3 is 5.11 Å². The summed E-state index contributed by atoms with van der Waals surface area (Å²) in [5, 5.41) is 28.5. The number of nitrogens with zero attached hydrogens (tertiary/aromatic N) is 5. The zero-order chi connectivity index (χ0) is 30.5. The molecule has 2 N–H and O–H groups in total. The van der Waals surface area contributed by atoms with Crippen LogP contribution in [0.4, 0.5) is 4.39 Å². The first-order valence-corrected chi connectivity index (χ1v) is 14.4. The molecule has 220 valence electrons. The minimum Gasteiger partial charge on any atom is -0.384 e. The van der Waals surface area contributed by atoms with E-state index in [9.17, 15) is 20.0 Å². The SMILES string of the molecule is Cn1cc(C#N)c(-c2ccc(CN3CC[C@](O)(c4ccc5ncc(C6CCC(=O)NC6=O)cc5c4F)C(C)(C)C3)cc2)n1. The van der Waals surface area contributed by atoms with Gasteiger partial charge in [0.15, 0.2) is 0 Å². The Balaban J connectivity index is 1.22. The van der Waals surface area contributed by atoms with E-state index in [-0.39, 0.29) is 23.3 Å². The molecule has 43 heavy (non-hydrogen) atoms. The molecule has 0 bridgehead atoms. The van der Waals surface area contributed by atoms with Crippen molar-refractivity contribution in [3.05, 3.63) is 82.9 Å². The number of amides is 2. The van der Waals surface area contributed by atoms with Crippen LogP contribution >= 0.6 is 0 Å². The summed E-state index contributed by atoms with van der Waals surface area (Å²) in [5.41, 5.74) is 2.22. The van der Waals surface area contributed by atoms with Gasteiger partial charge in [-0.3, -0.25) is 29.5 Å². The molecule has 0 radical (unpaired) electrons. The number of aromatic nitrogens is 3. The standard InChI is InChI=1S/C33H33FN6O3/c1-32(2)19-40(17-20-4-6-21(7-5-20)30-23(15-35)18-39(3)38-30)13-12-33(32,43)26-9-10-27-25(29(26)34)14-22(16-36-27)24-8-11-28(41)37-31(24)42/h4-7,9-10,14,16,18,24,43H,8,11-13,17,19H2,1-3H3,(H,37,41,42)/t24?,33-/m0/s1. The highest BCUT2D eigenvalue weighted by Crippen LogP contribution is 2.48. The van der Waals surface area contributed by atoms with Gasteiger partial charge in [0.25, 0.3) is 0 Å². The van der Waals surface area contributed by atoms with Gasteiger partial charge in [-0.25, -0.2) is 4.39 Å². The van der Waals surface area contributed by atoms with Gasteiger partial charge in [0, 0.05) is 67.4 Å². The van der Waals surface area contributed by atoms with Crippen molar-refractivity contribution in [1.82, 2.24) is 25.0 Å². The third kappa shape index (κ3) is 5.09. The molecular formula is C33H33FN6O3. The number of likely N-dealkylation sites (tertiary alicyclic amines) is 1. The maximum absolute atomic E-state index is 16.2. The van der Waals surface area contributed by atoms with Crippen molar-refractivity contribution in [3.63, 3.8) is 0 Å². The molecule has 0 aliphatic carbocycles. The number of pyridine rings is 1. The van der Waals surface area contributed by atoms with E-state index < -0.39 is 28.7 Å². The molecule has 2 atom stereocenters. The first kappa shape index (κ1) is 28.6. The summed E-state index contributed by atoms with van der Waals surface area (Å²) in [4.78, 5) is 30.7. The molecule has 1 unspecified atom stereocenters. The molecule has 2 aromatic carbocycles. The molecule has 2 aromatic heterocycles. The smallest absolute Gasteiger partial charge is 0.234 e. The van der Waals surface area contributed by atoms with Gasteiger partial charge in [-0.1, -0.05) is 44.2 Å². The van der Waals surface area contributed by atoms with Crippen molar-refractivity contribution in [1.29, 1.82) is 5.26 Å². The predicted octanol–water partition coefficient (Wildman–Crippen LogP) is 4.29. The number of carbonyl (C=O) groups excluding carboxylic acids is 2. The summed E-state index contributed by atoms with van der Waals surface area (Å²) < 4.78 is 17.9. The number of rotatable bonds is 5. The van der Waals surface area contributed by atoms with Crippen LogP contribution in [0.3, 0.4) is 0 Å². The number of aliphatic hydroxyl groups is 1.